The topological polar surface area (TPSA) is 55.6 Å². The SMILES string of the molecule is Fc1cc2c(cc1Nc1nnc(-c3cccc(C(F)(F)F)c3)s1)nc(-c1ccc(C(F)(F)F)cc1)n2C1CC1. The van der Waals surface area contributed by atoms with Gasteiger partial charge in [-0.25, -0.2) is 9.37 Å². The first-order valence-electron chi connectivity index (χ1n) is 11.6. The molecule has 0 amide bonds. The van der Waals surface area contributed by atoms with Crippen molar-refractivity contribution >= 4 is 33.2 Å². The van der Waals surface area contributed by atoms with Gasteiger partial charge in [0.25, 0.3) is 0 Å². The number of aromatic nitrogens is 4. The third kappa shape index (κ3) is 4.93. The fourth-order valence-electron chi connectivity index (χ4n) is 4.26. The molecule has 1 saturated carbocycles. The van der Waals surface area contributed by atoms with Crippen molar-refractivity contribution in [3.8, 4) is 22.0 Å². The van der Waals surface area contributed by atoms with E-state index in [1.165, 1.54) is 36.4 Å². The summed E-state index contributed by atoms with van der Waals surface area (Å²) in [6, 6.07) is 12.1. The highest BCUT2D eigenvalue weighted by molar-refractivity contribution is 7.18. The predicted molar refractivity (Wildman–Crippen MR) is 132 cm³/mol. The molecular weight excluding hydrogens is 547 g/mol. The second kappa shape index (κ2) is 9.04. The lowest BCUT2D eigenvalue weighted by molar-refractivity contribution is -0.138. The number of alkyl halides is 6. The number of fused-ring (bicyclic) bond motifs is 1. The maximum atomic E-state index is 15.2. The van der Waals surface area contributed by atoms with E-state index in [0.717, 1.165) is 48.4 Å². The highest BCUT2D eigenvalue weighted by atomic mass is 32.1. The number of anilines is 2. The van der Waals surface area contributed by atoms with Crippen molar-refractivity contribution in [1.29, 1.82) is 0 Å². The normalized spacial score (nSPS) is 14.2. The van der Waals surface area contributed by atoms with Gasteiger partial charge in [-0.1, -0.05) is 35.6 Å². The average molecular weight is 564 g/mol. The van der Waals surface area contributed by atoms with Crippen LogP contribution >= 0.6 is 11.3 Å². The van der Waals surface area contributed by atoms with E-state index in [2.05, 4.69) is 20.5 Å². The van der Waals surface area contributed by atoms with Crippen molar-refractivity contribution < 1.29 is 30.7 Å². The molecule has 0 atom stereocenters. The monoisotopic (exact) mass is 563 g/mol. The number of halogens is 7. The Bertz CT molecular complexity index is 1680. The van der Waals surface area contributed by atoms with E-state index in [1.807, 2.05) is 4.57 Å². The van der Waals surface area contributed by atoms with E-state index >= 15 is 4.39 Å². The third-order valence-electron chi connectivity index (χ3n) is 6.26. The molecule has 3 aromatic carbocycles. The van der Waals surface area contributed by atoms with E-state index in [-0.39, 0.29) is 27.4 Å². The van der Waals surface area contributed by atoms with Crippen molar-refractivity contribution in [1.82, 2.24) is 19.7 Å². The first-order chi connectivity index (χ1) is 18.5. The Balaban J connectivity index is 1.33. The summed E-state index contributed by atoms with van der Waals surface area (Å²) >= 11 is 0.953. The molecule has 0 bridgehead atoms. The largest absolute Gasteiger partial charge is 0.416 e. The Morgan fingerprint density at radius 3 is 2.21 bits per heavy atom. The van der Waals surface area contributed by atoms with Crippen LogP contribution in [0.15, 0.2) is 60.7 Å². The highest BCUT2D eigenvalue weighted by Crippen LogP contribution is 2.43. The molecule has 0 aliphatic heterocycles. The molecule has 1 fully saturated rings. The fourth-order valence-corrected chi connectivity index (χ4v) is 5.01. The molecule has 200 valence electrons. The van der Waals surface area contributed by atoms with Crippen LogP contribution in [0.3, 0.4) is 0 Å². The van der Waals surface area contributed by atoms with Crippen molar-refractivity contribution in [3.05, 3.63) is 77.6 Å². The molecule has 2 aromatic heterocycles. The van der Waals surface area contributed by atoms with Gasteiger partial charge in [0.2, 0.25) is 5.13 Å². The third-order valence-corrected chi connectivity index (χ3v) is 7.15. The minimum absolute atomic E-state index is 0.0219. The van der Waals surface area contributed by atoms with E-state index in [4.69, 9.17) is 0 Å². The summed E-state index contributed by atoms with van der Waals surface area (Å²) in [5.74, 6) is -0.195. The van der Waals surface area contributed by atoms with E-state index in [9.17, 15) is 26.3 Å². The first-order valence-corrected chi connectivity index (χ1v) is 12.5. The van der Waals surface area contributed by atoms with Gasteiger partial charge in [-0.15, -0.1) is 10.2 Å². The van der Waals surface area contributed by atoms with Crippen molar-refractivity contribution in [2.75, 3.05) is 5.32 Å². The molecule has 6 rings (SSSR count). The molecule has 1 aliphatic carbocycles. The molecule has 2 heterocycles. The molecule has 0 spiro atoms. The Morgan fingerprint density at radius 2 is 1.54 bits per heavy atom. The highest BCUT2D eigenvalue weighted by Gasteiger charge is 2.33. The number of rotatable bonds is 5. The van der Waals surface area contributed by atoms with Crippen molar-refractivity contribution in [2.24, 2.45) is 0 Å². The second-order valence-corrected chi connectivity index (χ2v) is 10.0. The second-order valence-electron chi connectivity index (χ2n) is 9.05. The number of nitrogens with one attached hydrogen (secondary N) is 1. The summed E-state index contributed by atoms with van der Waals surface area (Å²) in [5, 5.41) is 11.0. The zero-order chi connectivity index (χ0) is 27.5. The van der Waals surface area contributed by atoms with Crippen LogP contribution in [0.25, 0.3) is 33.0 Å². The van der Waals surface area contributed by atoms with Gasteiger partial charge in [0.15, 0.2) is 0 Å². The Morgan fingerprint density at radius 1 is 0.821 bits per heavy atom. The fraction of sp³-hybridized carbons (Fsp3) is 0.192. The van der Waals surface area contributed by atoms with Crippen LogP contribution in [0.5, 0.6) is 0 Å². The summed E-state index contributed by atoms with van der Waals surface area (Å²) in [6.07, 6.45) is -7.30. The molecule has 5 aromatic rings. The quantitative estimate of drug-likeness (QED) is 0.218. The van der Waals surface area contributed by atoms with Gasteiger partial charge in [-0.05, 0) is 43.2 Å². The molecule has 0 radical (unpaired) electrons. The van der Waals surface area contributed by atoms with Crippen LogP contribution in [0.1, 0.15) is 30.0 Å². The number of benzene rings is 3. The van der Waals surface area contributed by atoms with Crippen LogP contribution in [-0.2, 0) is 12.4 Å². The molecule has 13 heteroatoms. The van der Waals surface area contributed by atoms with Gasteiger partial charge < -0.3 is 9.88 Å². The van der Waals surface area contributed by atoms with Crippen molar-refractivity contribution in [3.63, 3.8) is 0 Å². The van der Waals surface area contributed by atoms with Crippen molar-refractivity contribution in [2.45, 2.75) is 31.2 Å². The summed E-state index contributed by atoms with van der Waals surface area (Å²) in [7, 11) is 0. The zero-order valence-electron chi connectivity index (χ0n) is 19.6. The van der Waals surface area contributed by atoms with Gasteiger partial charge in [-0.3, -0.25) is 0 Å². The minimum Gasteiger partial charge on any atom is -0.328 e. The summed E-state index contributed by atoms with van der Waals surface area (Å²) in [5.41, 5.74) is 0.0246. The van der Waals surface area contributed by atoms with Crippen LogP contribution in [-0.4, -0.2) is 19.7 Å². The molecule has 1 aliphatic rings. The van der Waals surface area contributed by atoms with E-state index in [1.54, 1.807) is 0 Å². The van der Waals surface area contributed by atoms with Crippen LogP contribution < -0.4 is 5.32 Å². The van der Waals surface area contributed by atoms with Crippen LogP contribution in [0.2, 0.25) is 0 Å². The number of hydrogen-bond acceptors (Lipinski definition) is 5. The minimum atomic E-state index is -4.51. The number of imidazole rings is 1. The first kappa shape index (κ1) is 25.3. The maximum Gasteiger partial charge on any atom is 0.416 e. The molecule has 5 nitrogen and oxygen atoms in total. The Hall–Kier alpha value is -4.00. The van der Waals surface area contributed by atoms with Crippen LogP contribution in [0.4, 0.5) is 41.6 Å². The molecule has 0 unspecified atom stereocenters. The van der Waals surface area contributed by atoms with E-state index in [0.29, 0.717) is 22.4 Å². The average Bonchev–Trinajstić information content (AvgIpc) is 3.50. The number of nitrogens with zero attached hydrogens (tertiary/aromatic N) is 4. The van der Waals surface area contributed by atoms with Gasteiger partial charge in [0.05, 0.1) is 27.8 Å². The zero-order valence-corrected chi connectivity index (χ0v) is 20.4. The molecule has 39 heavy (non-hydrogen) atoms. The summed E-state index contributed by atoms with van der Waals surface area (Å²) in [4.78, 5) is 4.60. The standard InChI is InChI=1S/C26H16F7N5S/c27-18-11-21-20(34-22(38(21)17-8-9-17)13-4-6-15(7-5-13)25(28,29)30)12-19(18)35-24-37-36-23(39-24)14-2-1-3-16(10-14)26(31,32)33/h1-7,10-12,17H,8-9H2,(H,35,37). The van der Waals surface area contributed by atoms with Gasteiger partial charge in [0, 0.05) is 23.2 Å². The lowest BCUT2D eigenvalue weighted by atomic mass is 10.1. The predicted octanol–water partition coefficient (Wildman–Crippen LogP) is 8.48. The summed E-state index contributed by atoms with van der Waals surface area (Å²) in [6.45, 7) is 0. The number of hydrogen-bond donors (Lipinski definition) is 1. The maximum absolute atomic E-state index is 15.2. The summed E-state index contributed by atoms with van der Waals surface area (Å²) < 4.78 is 95.3. The lowest BCUT2D eigenvalue weighted by Gasteiger charge is -2.10. The molecule has 1 N–H and O–H groups in total. The van der Waals surface area contributed by atoms with Gasteiger partial charge >= 0.3 is 12.4 Å². The Kier molecular flexibility index (Phi) is 5.86. The van der Waals surface area contributed by atoms with E-state index < -0.39 is 29.3 Å². The van der Waals surface area contributed by atoms with Crippen LogP contribution in [0, 0.1) is 5.82 Å². The van der Waals surface area contributed by atoms with Gasteiger partial charge in [-0.2, -0.15) is 26.3 Å². The lowest BCUT2D eigenvalue weighted by Crippen LogP contribution is -2.04. The molecule has 0 saturated heterocycles. The molecular formula is C26H16F7N5S. The Labute approximate surface area is 219 Å². The van der Waals surface area contributed by atoms with Gasteiger partial charge in [0.1, 0.15) is 16.6 Å². The smallest absolute Gasteiger partial charge is 0.328 e.